The summed E-state index contributed by atoms with van der Waals surface area (Å²) in [6.45, 7) is 4.47. The van der Waals surface area contributed by atoms with E-state index >= 15 is 0 Å². The molecule has 2 rings (SSSR count). The minimum Gasteiger partial charge on any atom is -0.503 e. The molecule has 5 nitrogen and oxygen atoms in total. The second-order valence-corrected chi connectivity index (χ2v) is 5.93. The summed E-state index contributed by atoms with van der Waals surface area (Å²) in [6.07, 6.45) is 0. The van der Waals surface area contributed by atoms with Gasteiger partial charge in [-0.3, -0.25) is 9.59 Å². The highest BCUT2D eigenvalue weighted by molar-refractivity contribution is 6.08. The summed E-state index contributed by atoms with van der Waals surface area (Å²) < 4.78 is 0. The van der Waals surface area contributed by atoms with Crippen LogP contribution in [0.15, 0.2) is 35.6 Å². The molecule has 1 amide bonds. The van der Waals surface area contributed by atoms with Gasteiger partial charge in [-0.2, -0.15) is 0 Å². The van der Waals surface area contributed by atoms with E-state index in [0.29, 0.717) is 13.1 Å². The second kappa shape index (κ2) is 6.32. The van der Waals surface area contributed by atoms with Crippen molar-refractivity contribution < 1.29 is 14.7 Å². The highest BCUT2D eigenvalue weighted by Crippen LogP contribution is 2.37. The molecule has 0 aliphatic carbocycles. The summed E-state index contributed by atoms with van der Waals surface area (Å²) in [7, 11) is 3.83. The Morgan fingerprint density at radius 2 is 1.86 bits per heavy atom. The van der Waals surface area contributed by atoms with Crippen LogP contribution in [0.4, 0.5) is 0 Å². The maximum atomic E-state index is 12.3. The molecule has 0 fully saturated rings. The minimum absolute atomic E-state index is 0.188. The van der Waals surface area contributed by atoms with Crippen molar-refractivity contribution in [3.8, 4) is 0 Å². The fourth-order valence-electron chi connectivity index (χ4n) is 2.65. The fourth-order valence-corrected chi connectivity index (χ4v) is 2.65. The van der Waals surface area contributed by atoms with Crippen LogP contribution < -0.4 is 0 Å². The molecule has 0 spiro atoms. The van der Waals surface area contributed by atoms with E-state index in [1.165, 1.54) is 6.92 Å². The number of carbonyl (C=O) groups excluding carboxylic acids is 2. The van der Waals surface area contributed by atoms with Gasteiger partial charge in [0.25, 0.3) is 5.91 Å². The Kier molecular flexibility index (Phi) is 4.66. The molecule has 1 heterocycles. The van der Waals surface area contributed by atoms with E-state index in [1.807, 2.05) is 50.2 Å². The number of ketones is 1. The number of Topliss-reactive ketones (excluding diaryl/α,β-unsaturated/α-hetero) is 1. The van der Waals surface area contributed by atoms with Crippen molar-refractivity contribution in [2.45, 2.75) is 19.9 Å². The number of aliphatic hydroxyl groups is 1. The Morgan fingerprint density at radius 3 is 2.36 bits per heavy atom. The average molecular weight is 302 g/mol. The molecule has 0 bridgehead atoms. The van der Waals surface area contributed by atoms with E-state index < -0.39 is 17.7 Å². The zero-order valence-electron chi connectivity index (χ0n) is 13.5. The number of carbonyl (C=O) groups is 2. The third-order valence-corrected chi connectivity index (χ3v) is 3.86. The van der Waals surface area contributed by atoms with E-state index in [2.05, 4.69) is 0 Å². The van der Waals surface area contributed by atoms with Gasteiger partial charge in [-0.25, -0.2) is 0 Å². The number of amides is 1. The largest absolute Gasteiger partial charge is 0.503 e. The zero-order chi connectivity index (χ0) is 16.4. The standard InChI is InChI=1S/C17H22N2O3/c1-11-5-7-13(8-6-11)15-14(12(2)20)16(21)17(22)19(15)10-9-18(3)4/h5-8,15,21H,9-10H2,1-4H3. The first kappa shape index (κ1) is 16.2. The Morgan fingerprint density at radius 1 is 1.27 bits per heavy atom. The van der Waals surface area contributed by atoms with Gasteiger partial charge >= 0.3 is 0 Å². The number of aliphatic hydroxyl groups excluding tert-OH is 1. The Hall–Kier alpha value is -2.14. The van der Waals surface area contributed by atoms with E-state index in [1.54, 1.807) is 4.90 Å². The monoisotopic (exact) mass is 302 g/mol. The molecular weight excluding hydrogens is 280 g/mol. The predicted octanol–water partition coefficient (Wildman–Crippen LogP) is 1.84. The normalized spacial score (nSPS) is 18.5. The Labute approximate surface area is 130 Å². The van der Waals surface area contributed by atoms with Crippen molar-refractivity contribution in [3.63, 3.8) is 0 Å². The summed E-state index contributed by atoms with van der Waals surface area (Å²) in [4.78, 5) is 27.8. The predicted molar refractivity (Wildman–Crippen MR) is 84.5 cm³/mol. The van der Waals surface area contributed by atoms with Crippen molar-refractivity contribution >= 4 is 11.7 Å². The van der Waals surface area contributed by atoms with Crippen molar-refractivity contribution in [1.29, 1.82) is 0 Å². The van der Waals surface area contributed by atoms with Gasteiger partial charge in [-0.05, 0) is 33.5 Å². The van der Waals surface area contributed by atoms with Crippen LogP contribution in [0.1, 0.15) is 24.1 Å². The van der Waals surface area contributed by atoms with Crippen LogP contribution in [0.2, 0.25) is 0 Å². The molecule has 1 aliphatic rings. The lowest BCUT2D eigenvalue weighted by atomic mass is 9.96. The summed E-state index contributed by atoms with van der Waals surface area (Å²) in [5.74, 6) is -1.17. The highest BCUT2D eigenvalue weighted by atomic mass is 16.3. The van der Waals surface area contributed by atoms with E-state index in [0.717, 1.165) is 11.1 Å². The third-order valence-electron chi connectivity index (χ3n) is 3.86. The van der Waals surface area contributed by atoms with Gasteiger partial charge in [0.1, 0.15) is 0 Å². The number of hydrogen-bond donors (Lipinski definition) is 1. The van der Waals surface area contributed by atoms with Crippen LogP contribution in [-0.2, 0) is 9.59 Å². The van der Waals surface area contributed by atoms with Crippen molar-refractivity contribution in [2.75, 3.05) is 27.2 Å². The van der Waals surface area contributed by atoms with Crippen molar-refractivity contribution in [1.82, 2.24) is 9.80 Å². The fraction of sp³-hybridized carbons (Fsp3) is 0.412. The van der Waals surface area contributed by atoms with Crippen LogP contribution in [-0.4, -0.2) is 53.8 Å². The molecule has 1 aromatic rings. The summed E-state index contributed by atoms with van der Waals surface area (Å²) in [6, 6.07) is 7.17. The topological polar surface area (TPSA) is 60.9 Å². The molecule has 0 saturated heterocycles. The zero-order valence-corrected chi connectivity index (χ0v) is 13.5. The first-order valence-corrected chi connectivity index (χ1v) is 7.29. The SMILES string of the molecule is CC(=O)C1=C(O)C(=O)N(CCN(C)C)C1c1ccc(C)cc1. The molecule has 1 aliphatic heterocycles. The van der Waals surface area contributed by atoms with Gasteiger partial charge in [-0.1, -0.05) is 29.8 Å². The molecule has 118 valence electrons. The van der Waals surface area contributed by atoms with Crippen molar-refractivity contribution in [2.24, 2.45) is 0 Å². The maximum Gasteiger partial charge on any atom is 0.290 e. The Balaban J connectivity index is 2.43. The molecular formula is C17H22N2O3. The van der Waals surface area contributed by atoms with E-state index in [-0.39, 0.29) is 11.4 Å². The molecule has 0 aromatic heterocycles. The molecule has 0 radical (unpaired) electrons. The molecule has 5 heteroatoms. The summed E-state index contributed by atoms with van der Waals surface area (Å²) >= 11 is 0. The molecule has 1 atom stereocenters. The van der Waals surface area contributed by atoms with Gasteiger partial charge in [0.15, 0.2) is 11.5 Å². The molecule has 1 N–H and O–H groups in total. The maximum absolute atomic E-state index is 12.3. The Bertz CT molecular complexity index is 617. The minimum atomic E-state index is -0.509. The number of aryl methyl sites for hydroxylation is 1. The quantitative estimate of drug-likeness (QED) is 0.901. The number of nitrogens with zero attached hydrogens (tertiary/aromatic N) is 2. The van der Waals surface area contributed by atoms with Crippen LogP contribution in [0.3, 0.4) is 0 Å². The summed E-state index contributed by atoms with van der Waals surface area (Å²) in [5, 5.41) is 10.1. The van der Waals surface area contributed by atoms with Gasteiger partial charge in [0.2, 0.25) is 0 Å². The first-order valence-electron chi connectivity index (χ1n) is 7.29. The van der Waals surface area contributed by atoms with Gasteiger partial charge in [-0.15, -0.1) is 0 Å². The molecule has 1 aromatic carbocycles. The van der Waals surface area contributed by atoms with Crippen molar-refractivity contribution in [3.05, 3.63) is 46.7 Å². The highest BCUT2D eigenvalue weighted by Gasteiger charge is 2.41. The lowest BCUT2D eigenvalue weighted by Crippen LogP contribution is -2.36. The second-order valence-electron chi connectivity index (χ2n) is 5.93. The van der Waals surface area contributed by atoms with Crippen LogP contribution >= 0.6 is 0 Å². The van der Waals surface area contributed by atoms with Crippen LogP contribution in [0.25, 0.3) is 0 Å². The lowest BCUT2D eigenvalue weighted by molar-refractivity contribution is -0.129. The van der Waals surface area contributed by atoms with E-state index in [9.17, 15) is 14.7 Å². The summed E-state index contributed by atoms with van der Waals surface area (Å²) in [5.41, 5.74) is 2.13. The number of rotatable bonds is 5. The molecule has 22 heavy (non-hydrogen) atoms. The van der Waals surface area contributed by atoms with Crippen LogP contribution in [0, 0.1) is 6.92 Å². The number of likely N-dealkylation sites (N-methyl/N-ethyl adjacent to an activating group) is 1. The van der Waals surface area contributed by atoms with Crippen LogP contribution in [0.5, 0.6) is 0 Å². The average Bonchev–Trinajstić information content (AvgIpc) is 2.70. The molecule has 0 saturated carbocycles. The molecule has 1 unspecified atom stereocenters. The van der Waals surface area contributed by atoms with Gasteiger partial charge < -0.3 is 14.9 Å². The third kappa shape index (κ3) is 3.04. The first-order chi connectivity index (χ1) is 10.3. The van der Waals surface area contributed by atoms with Gasteiger partial charge in [0, 0.05) is 13.1 Å². The van der Waals surface area contributed by atoms with E-state index in [4.69, 9.17) is 0 Å². The lowest BCUT2D eigenvalue weighted by Gasteiger charge is -2.27. The van der Waals surface area contributed by atoms with Gasteiger partial charge in [0.05, 0.1) is 11.6 Å². The number of benzene rings is 1. The smallest absolute Gasteiger partial charge is 0.290 e. The number of hydrogen-bond acceptors (Lipinski definition) is 4.